The summed E-state index contributed by atoms with van der Waals surface area (Å²) in [6, 6.07) is 1.42. The Morgan fingerprint density at radius 3 is 2.04 bits per heavy atom. The van der Waals surface area contributed by atoms with Crippen LogP contribution in [0.25, 0.3) is 0 Å². The fourth-order valence-corrected chi connectivity index (χ4v) is 1.44. The Labute approximate surface area is 135 Å². The lowest BCUT2D eigenvalue weighted by Gasteiger charge is -2.11. The van der Waals surface area contributed by atoms with Gasteiger partial charge in [0.1, 0.15) is 5.69 Å². The first-order valence-electron chi connectivity index (χ1n) is 7.44. The van der Waals surface area contributed by atoms with Crippen molar-refractivity contribution in [3.8, 4) is 0 Å². The molecule has 1 aromatic rings. The van der Waals surface area contributed by atoms with Crippen LogP contribution in [-0.2, 0) is 11.0 Å². The molecule has 0 radical (unpaired) electrons. The Morgan fingerprint density at radius 1 is 1.22 bits per heavy atom. The van der Waals surface area contributed by atoms with Gasteiger partial charge in [-0.15, -0.1) is 0 Å². The molecule has 0 saturated heterocycles. The molecule has 8 heteroatoms. The Balaban J connectivity index is 0.000000414. The van der Waals surface area contributed by atoms with Gasteiger partial charge in [-0.2, -0.15) is 13.2 Å². The number of anilines is 1. The van der Waals surface area contributed by atoms with Gasteiger partial charge in [-0.05, 0) is 18.9 Å². The molecule has 0 bridgehead atoms. The maximum atomic E-state index is 12.1. The maximum Gasteiger partial charge on any atom is 0.433 e. The zero-order valence-corrected chi connectivity index (χ0v) is 14.5. The smallest absolute Gasteiger partial charge is 0.347 e. The van der Waals surface area contributed by atoms with Gasteiger partial charge >= 0.3 is 6.18 Å². The highest BCUT2D eigenvalue weighted by Crippen LogP contribution is 2.27. The summed E-state index contributed by atoms with van der Waals surface area (Å²) < 4.78 is 36.4. The number of hydrogen-bond donors (Lipinski definition) is 0. The van der Waals surface area contributed by atoms with Gasteiger partial charge in [-0.1, -0.05) is 13.8 Å². The van der Waals surface area contributed by atoms with Crippen LogP contribution in [0.2, 0.25) is 0 Å². The first kappa shape index (κ1) is 21.1. The summed E-state index contributed by atoms with van der Waals surface area (Å²) in [5, 5.41) is 0. The van der Waals surface area contributed by atoms with Crippen molar-refractivity contribution in [3.05, 3.63) is 18.0 Å². The third kappa shape index (κ3) is 7.80. The standard InChI is InChI=1S/C7H8F3N3.C6H11NO.C2H6/c1-13(2)6-11-4-3-5(12-6)7(8,9)10;1-5(8)7(2)6-3-4-6;1-2/h3-4H,1-2H3;6H,3-4H2,1-2H3;1-2H3. The van der Waals surface area contributed by atoms with Crippen molar-refractivity contribution < 1.29 is 18.0 Å². The molecule has 0 spiro atoms. The number of carbonyl (C=O) groups is 1. The second-order valence-electron chi connectivity index (χ2n) is 5.00. The number of halogens is 3. The third-order valence-corrected chi connectivity index (χ3v) is 2.92. The van der Waals surface area contributed by atoms with Gasteiger partial charge < -0.3 is 9.80 Å². The lowest BCUT2D eigenvalue weighted by molar-refractivity contribution is -0.141. The molecule has 1 amide bonds. The van der Waals surface area contributed by atoms with Gasteiger partial charge in [0.25, 0.3) is 0 Å². The van der Waals surface area contributed by atoms with E-state index in [-0.39, 0.29) is 11.9 Å². The third-order valence-electron chi connectivity index (χ3n) is 2.92. The van der Waals surface area contributed by atoms with E-state index >= 15 is 0 Å². The van der Waals surface area contributed by atoms with Crippen LogP contribution in [0.15, 0.2) is 12.3 Å². The van der Waals surface area contributed by atoms with E-state index < -0.39 is 11.9 Å². The van der Waals surface area contributed by atoms with E-state index in [4.69, 9.17) is 0 Å². The number of alkyl halides is 3. The molecule has 0 atom stereocenters. The molecule has 1 aliphatic rings. The first-order chi connectivity index (χ1) is 10.6. The van der Waals surface area contributed by atoms with E-state index in [2.05, 4.69) is 9.97 Å². The highest BCUT2D eigenvalue weighted by Gasteiger charge is 2.32. The Hall–Kier alpha value is -1.86. The van der Waals surface area contributed by atoms with Crippen LogP contribution in [0.1, 0.15) is 39.3 Å². The predicted molar refractivity (Wildman–Crippen MR) is 84.2 cm³/mol. The monoisotopic (exact) mass is 334 g/mol. The normalized spacial score (nSPS) is 13.1. The van der Waals surface area contributed by atoms with Gasteiger partial charge in [0, 0.05) is 40.3 Å². The number of amides is 1. The zero-order chi connectivity index (χ0) is 18.2. The summed E-state index contributed by atoms with van der Waals surface area (Å²) in [6.45, 7) is 5.61. The highest BCUT2D eigenvalue weighted by molar-refractivity contribution is 5.73. The van der Waals surface area contributed by atoms with E-state index in [9.17, 15) is 18.0 Å². The van der Waals surface area contributed by atoms with E-state index in [0.29, 0.717) is 6.04 Å². The Bertz CT molecular complexity index is 488. The fraction of sp³-hybridized carbons (Fsp3) is 0.667. The number of nitrogens with zero attached hydrogens (tertiary/aromatic N) is 4. The van der Waals surface area contributed by atoms with Crippen molar-refractivity contribution in [2.45, 2.75) is 45.8 Å². The molecule has 0 N–H and O–H groups in total. The SMILES string of the molecule is CC.CC(=O)N(C)C1CC1.CN(C)c1nccc(C(F)(F)F)n1. The molecular formula is C15H25F3N4O. The summed E-state index contributed by atoms with van der Waals surface area (Å²) in [6.07, 6.45) is -0.912. The minimum absolute atomic E-state index is 0.0508. The topological polar surface area (TPSA) is 49.3 Å². The van der Waals surface area contributed by atoms with Crippen LogP contribution in [0.4, 0.5) is 19.1 Å². The maximum absolute atomic E-state index is 12.1. The van der Waals surface area contributed by atoms with Crippen molar-refractivity contribution in [3.63, 3.8) is 0 Å². The van der Waals surface area contributed by atoms with E-state index in [1.54, 1.807) is 25.9 Å². The van der Waals surface area contributed by atoms with Gasteiger partial charge in [-0.3, -0.25) is 4.79 Å². The number of hydrogen-bond acceptors (Lipinski definition) is 4. The zero-order valence-electron chi connectivity index (χ0n) is 14.5. The van der Waals surface area contributed by atoms with Gasteiger partial charge in [0.05, 0.1) is 0 Å². The fourth-order valence-electron chi connectivity index (χ4n) is 1.44. The lowest BCUT2D eigenvalue weighted by Crippen LogP contribution is -2.25. The lowest BCUT2D eigenvalue weighted by atomic mass is 10.4. The van der Waals surface area contributed by atoms with Crippen LogP contribution in [0.3, 0.4) is 0 Å². The molecular weight excluding hydrogens is 309 g/mol. The molecule has 1 aliphatic carbocycles. The van der Waals surface area contributed by atoms with Gasteiger partial charge in [0.2, 0.25) is 11.9 Å². The largest absolute Gasteiger partial charge is 0.433 e. The summed E-state index contributed by atoms with van der Waals surface area (Å²) >= 11 is 0. The molecule has 1 heterocycles. The second-order valence-corrected chi connectivity index (χ2v) is 5.00. The Kier molecular flexibility index (Phi) is 8.56. The molecule has 0 aliphatic heterocycles. The molecule has 1 saturated carbocycles. The molecule has 2 rings (SSSR count). The molecule has 1 aromatic heterocycles. The molecule has 1 fully saturated rings. The van der Waals surface area contributed by atoms with Crippen molar-refractivity contribution >= 4 is 11.9 Å². The van der Waals surface area contributed by atoms with E-state index in [0.717, 1.165) is 12.3 Å². The molecule has 0 aromatic carbocycles. The van der Waals surface area contributed by atoms with Crippen LogP contribution >= 0.6 is 0 Å². The van der Waals surface area contributed by atoms with E-state index in [1.165, 1.54) is 17.7 Å². The van der Waals surface area contributed by atoms with Crippen molar-refractivity contribution in [1.82, 2.24) is 14.9 Å². The minimum atomic E-state index is -4.41. The van der Waals surface area contributed by atoms with Crippen molar-refractivity contribution in [2.75, 3.05) is 26.0 Å². The van der Waals surface area contributed by atoms with Crippen LogP contribution < -0.4 is 4.90 Å². The summed E-state index contributed by atoms with van der Waals surface area (Å²) in [5.74, 6) is 0.238. The van der Waals surface area contributed by atoms with Gasteiger partial charge in [0.15, 0.2) is 0 Å². The molecule has 132 valence electrons. The second kappa shape index (κ2) is 9.32. The summed E-state index contributed by atoms with van der Waals surface area (Å²) in [5.41, 5.74) is -0.925. The average molecular weight is 334 g/mol. The quantitative estimate of drug-likeness (QED) is 0.833. The Morgan fingerprint density at radius 2 is 1.74 bits per heavy atom. The van der Waals surface area contributed by atoms with Crippen molar-refractivity contribution in [1.29, 1.82) is 0 Å². The van der Waals surface area contributed by atoms with Gasteiger partial charge in [-0.25, -0.2) is 9.97 Å². The number of carbonyl (C=O) groups excluding carboxylic acids is 1. The van der Waals surface area contributed by atoms with E-state index in [1.807, 2.05) is 20.9 Å². The minimum Gasteiger partial charge on any atom is -0.347 e. The summed E-state index contributed by atoms with van der Waals surface area (Å²) in [4.78, 5) is 20.8. The van der Waals surface area contributed by atoms with Crippen LogP contribution in [0.5, 0.6) is 0 Å². The van der Waals surface area contributed by atoms with Crippen LogP contribution in [-0.4, -0.2) is 48.0 Å². The summed E-state index contributed by atoms with van der Waals surface area (Å²) in [7, 11) is 5.02. The first-order valence-corrected chi connectivity index (χ1v) is 7.44. The average Bonchev–Trinajstić information content (AvgIpc) is 3.33. The highest BCUT2D eigenvalue weighted by atomic mass is 19.4. The molecule has 5 nitrogen and oxygen atoms in total. The number of aromatic nitrogens is 2. The molecule has 0 unspecified atom stereocenters. The predicted octanol–water partition coefficient (Wildman–Crippen LogP) is 3.21. The number of rotatable bonds is 2. The van der Waals surface area contributed by atoms with Crippen LogP contribution in [0, 0.1) is 0 Å². The molecule has 23 heavy (non-hydrogen) atoms. The van der Waals surface area contributed by atoms with Crippen molar-refractivity contribution in [2.24, 2.45) is 0 Å².